The van der Waals surface area contributed by atoms with Gasteiger partial charge in [-0.25, -0.2) is 9.97 Å². The van der Waals surface area contributed by atoms with Gasteiger partial charge in [-0.1, -0.05) is 0 Å². The molecule has 0 aromatic carbocycles. The molecule has 2 aromatic heterocycles. The molecule has 2 aromatic rings. The van der Waals surface area contributed by atoms with E-state index < -0.39 is 0 Å². The minimum Gasteiger partial charge on any atom is -0.333 e. The highest BCUT2D eigenvalue weighted by Gasteiger charge is 2.25. The molecule has 1 fully saturated rings. The summed E-state index contributed by atoms with van der Waals surface area (Å²) in [5.41, 5.74) is 0. The minimum absolute atomic E-state index is 0.642. The van der Waals surface area contributed by atoms with Gasteiger partial charge >= 0.3 is 0 Å². The lowest BCUT2D eigenvalue weighted by Crippen LogP contribution is -2.47. The van der Waals surface area contributed by atoms with E-state index >= 15 is 0 Å². The van der Waals surface area contributed by atoms with Crippen LogP contribution in [0.3, 0.4) is 0 Å². The first-order chi connectivity index (χ1) is 11.8. The van der Waals surface area contributed by atoms with Crippen molar-refractivity contribution in [2.75, 3.05) is 46.3 Å². The van der Waals surface area contributed by atoms with Crippen LogP contribution in [0.5, 0.6) is 0 Å². The van der Waals surface area contributed by atoms with Crippen LogP contribution in [-0.2, 0) is 19.6 Å². The molecule has 0 spiro atoms. The van der Waals surface area contributed by atoms with Crippen molar-refractivity contribution in [3.63, 3.8) is 0 Å². The summed E-state index contributed by atoms with van der Waals surface area (Å²) in [4.78, 5) is 16.6. The van der Waals surface area contributed by atoms with Crippen molar-refractivity contribution in [2.45, 2.75) is 19.6 Å². The molecular formula is C17H26N6S. The highest BCUT2D eigenvalue weighted by atomic mass is 32.1. The summed E-state index contributed by atoms with van der Waals surface area (Å²) in [6, 6.07) is 0. The number of fused-ring (bicyclic) bond motifs is 1. The first kappa shape index (κ1) is 16.2. The summed E-state index contributed by atoms with van der Waals surface area (Å²) >= 11 is 1.75. The zero-order valence-electron chi connectivity index (χ0n) is 14.3. The number of likely N-dealkylation sites (N-methyl/N-ethyl adjacent to an activating group) is 1. The maximum absolute atomic E-state index is 4.57. The monoisotopic (exact) mass is 346 g/mol. The highest BCUT2D eigenvalue weighted by Crippen LogP contribution is 2.20. The Labute approximate surface area is 147 Å². The van der Waals surface area contributed by atoms with Crippen LogP contribution >= 0.6 is 11.3 Å². The molecule has 0 unspecified atom stereocenters. The molecule has 2 aliphatic heterocycles. The maximum Gasteiger partial charge on any atom is 0.122 e. The third kappa shape index (κ3) is 3.85. The molecule has 4 rings (SSSR count). The lowest BCUT2D eigenvalue weighted by molar-refractivity contribution is 0.116. The quantitative estimate of drug-likeness (QED) is 0.833. The normalized spacial score (nSPS) is 24.0. The van der Waals surface area contributed by atoms with Crippen molar-refractivity contribution in [3.8, 4) is 0 Å². The van der Waals surface area contributed by atoms with Gasteiger partial charge in [-0.15, -0.1) is 11.3 Å². The fraction of sp³-hybridized carbons (Fsp3) is 0.647. The molecule has 7 heteroatoms. The Morgan fingerprint density at radius 1 is 1.08 bits per heavy atom. The number of piperazine rings is 1. The average Bonchev–Trinajstić information content (AvgIpc) is 3.19. The number of imidazole rings is 1. The fourth-order valence-electron chi connectivity index (χ4n) is 3.78. The zero-order chi connectivity index (χ0) is 16.4. The van der Waals surface area contributed by atoms with Gasteiger partial charge in [0.1, 0.15) is 10.8 Å². The Kier molecular flexibility index (Phi) is 4.93. The standard InChI is InChI=1S/C17H26N6S/c1-20-5-7-21(8-6-20)10-15-11-22(14-17-19-3-9-24-17)13-16-18-2-4-23(16)12-15/h2-4,9,15H,5-8,10-14H2,1H3/t15-/m0/s1. The Hall–Kier alpha value is -1.28. The molecule has 24 heavy (non-hydrogen) atoms. The molecule has 2 aliphatic rings. The van der Waals surface area contributed by atoms with Crippen molar-refractivity contribution in [1.82, 2.24) is 29.2 Å². The van der Waals surface area contributed by atoms with Crippen molar-refractivity contribution < 1.29 is 0 Å². The molecule has 0 bridgehead atoms. The Balaban J connectivity index is 1.45. The van der Waals surface area contributed by atoms with Crippen LogP contribution in [0.2, 0.25) is 0 Å². The summed E-state index contributed by atoms with van der Waals surface area (Å²) in [7, 11) is 2.22. The highest BCUT2D eigenvalue weighted by molar-refractivity contribution is 7.09. The van der Waals surface area contributed by atoms with Gasteiger partial charge in [-0.05, 0) is 7.05 Å². The van der Waals surface area contributed by atoms with Crippen LogP contribution in [0, 0.1) is 5.92 Å². The third-order valence-corrected chi connectivity index (χ3v) is 5.86. The van der Waals surface area contributed by atoms with Crippen molar-refractivity contribution in [2.24, 2.45) is 5.92 Å². The van der Waals surface area contributed by atoms with Crippen LogP contribution < -0.4 is 0 Å². The maximum atomic E-state index is 4.57. The van der Waals surface area contributed by atoms with Gasteiger partial charge in [0.2, 0.25) is 0 Å². The van der Waals surface area contributed by atoms with Gasteiger partial charge in [0.05, 0.1) is 13.1 Å². The van der Waals surface area contributed by atoms with E-state index in [1.165, 1.54) is 43.6 Å². The van der Waals surface area contributed by atoms with Crippen LogP contribution in [0.1, 0.15) is 10.8 Å². The largest absolute Gasteiger partial charge is 0.333 e. The van der Waals surface area contributed by atoms with E-state index in [-0.39, 0.29) is 0 Å². The van der Waals surface area contributed by atoms with E-state index in [2.05, 4.69) is 47.9 Å². The number of aromatic nitrogens is 3. The number of hydrogen-bond donors (Lipinski definition) is 0. The summed E-state index contributed by atoms with van der Waals surface area (Å²) in [6.07, 6.45) is 5.98. The molecule has 130 valence electrons. The van der Waals surface area contributed by atoms with Gasteiger partial charge < -0.3 is 14.4 Å². The minimum atomic E-state index is 0.642. The zero-order valence-corrected chi connectivity index (χ0v) is 15.2. The molecule has 0 amide bonds. The fourth-order valence-corrected chi connectivity index (χ4v) is 4.44. The summed E-state index contributed by atoms with van der Waals surface area (Å²) in [5, 5.41) is 3.27. The molecule has 0 radical (unpaired) electrons. The van der Waals surface area contributed by atoms with Crippen LogP contribution in [-0.4, -0.2) is 75.6 Å². The average molecular weight is 347 g/mol. The first-order valence-electron chi connectivity index (χ1n) is 8.78. The Bertz CT molecular complexity index is 631. The Morgan fingerprint density at radius 3 is 2.75 bits per heavy atom. The number of rotatable bonds is 4. The first-order valence-corrected chi connectivity index (χ1v) is 9.66. The third-order valence-electron chi connectivity index (χ3n) is 5.09. The number of hydrogen-bond acceptors (Lipinski definition) is 6. The summed E-state index contributed by atoms with van der Waals surface area (Å²) in [6.45, 7) is 9.99. The van der Waals surface area contributed by atoms with Crippen molar-refractivity contribution >= 4 is 11.3 Å². The molecule has 1 saturated heterocycles. The van der Waals surface area contributed by atoms with Crippen molar-refractivity contribution in [1.29, 1.82) is 0 Å². The summed E-state index contributed by atoms with van der Waals surface area (Å²) < 4.78 is 2.35. The van der Waals surface area contributed by atoms with E-state index in [1.54, 1.807) is 11.3 Å². The predicted octanol–water partition coefficient (Wildman–Crippen LogP) is 1.22. The van der Waals surface area contributed by atoms with Gasteiger partial charge in [-0.3, -0.25) is 4.90 Å². The predicted molar refractivity (Wildman–Crippen MR) is 95.9 cm³/mol. The lowest BCUT2D eigenvalue weighted by Gasteiger charge is -2.35. The lowest BCUT2D eigenvalue weighted by atomic mass is 10.1. The van der Waals surface area contributed by atoms with E-state index in [9.17, 15) is 0 Å². The van der Waals surface area contributed by atoms with Gasteiger partial charge in [-0.2, -0.15) is 0 Å². The SMILES string of the molecule is CN1CCN(C[C@H]2CN(Cc3nccs3)Cc3nccn3C2)CC1. The number of thiazole rings is 1. The van der Waals surface area contributed by atoms with Gasteiger partial charge in [0.15, 0.2) is 0 Å². The smallest absolute Gasteiger partial charge is 0.122 e. The molecule has 4 heterocycles. The summed E-state index contributed by atoms with van der Waals surface area (Å²) in [5.74, 6) is 1.83. The molecule has 0 N–H and O–H groups in total. The van der Waals surface area contributed by atoms with E-state index in [0.29, 0.717) is 5.92 Å². The van der Waals surface area contributed by atoms with Gasteiger partial charge in [0.25, 0.3) is 0 Å². The molecule has 1 atom stereocenters. The van der Waals surface area contributed by atoms with Crippen LogP contribution in [0.15, 0.2) is 24.0 Å². The second kappa shape index (κ2) is 7.31. The van der Waals surface area contributed by atoms with E-state index in [0.717, 1.165) is 26.2 Å². The molecule has 0 aliphatic carbocycles. The number of nitrogens with zero attached hydrogens (tertiary/aromatic N) is 6. The van der Waals surface area contributed by atoms with Crippen LogP contribution in [0.4, 0.5) is 0 Å². The second-order valence-electron chi connectivity index (χ2n) is 7.06. The van der Waals surface area contributed by atoms with Crippen LogP contribution in [0.25, 0.3) is 0 Å². The Morgan fingerprint density at radius 2 is 1.96 bits per heavy atom. The topological polar surface area (TPSA) is 40.4 Å². The molecule has 0 saturated carbocycles. The van der Waals surface area contributed by atoms with Gasteiger partial charge in [0, 0.05) is 75.7 Å². The van der Waals surface area contributed by atoms with Crippen molar-refractivity contribution in [3.05, 3.63) is 34.8 Å². The van der Waals surface area contributed by atoms with E-state index in [4.69, 9.17) is 0 Å². The second-order valence-corrected chi connectivity index (χ2v) is 8.04. The molecular weight excluding hydrogens is 320 g/mol. The molecule has 6 nitrogen and oxygen atoms in total. The van der Waals surface area contributed by atoms with E-state index in [1.807, 2.05) is 12.4 Å².